The van der Waals surface area contributed by atoms with Crippen LogP contribution in [0.3, 0.4) is 0 Å². The highest BCUT2D eigenvalue weighted by molar-refractivity contribution is 7.09. The first-order valence-corrected chi connectivity index (χ1v) is 9.18. The van der Waals surface area contributed by atoms with Crippen LogP contribution in [0.25, 0.3) is 0 Å². The maximum Gasteiger partial charge on any atom is 0.240 e. The average Bonchev–Trinajstić information content (AvgIpc) is 2.87. The zero-order valence-electron chi connectivity index (χ0n) is 14.5. The molecule has 0 bridgehead atoms. The van der Waals surface area contributed by atoms with Crippen LogP contribution in [0, 0.1) is 0 Å². The Bertz CT molecular complexity index is 562. The molecule has 1 fully saturated rings. The molecule has 0 aromatic carbocycles. The maximum absolute atomic E-state index is 12.2. The Morgan fingerprint density at radius 3 is 2.78 bits per heavy atom. The molecule has 23 heavy (non-hydrogen) atoms. The van der Waals surface area contributed by atoms with E-state index in [4.69, 9.17) is 0 Å². The van der Waals surface area contributed by atoms with E-state index in [9.17, 15) is 9.59 Å². The van der Waals surface area contributed by atoms with E-state index >= 15 is 0 Å². The second-order valence-electron chi connectivity index (χ2n) is 7.24. The zero-order valence-corrected chi connectivity index (χ0v) is 15.3. The summed E-state index contributed by atoms with van der Waals surface area (Å²) >= 11 is 1.57. The number of thiazole rings is 1. The number of carbonyl (C=O) groups excluding carboxylic acids is 2. The summed E-state index contributed by atoms with van der Waals surface area (Å²) in [6.07, 6.45) is 3.54. The van der Waals surface area contributed by atoms with Crippen molar-refractivity contribution < 1.29 is 9.59 Å². The molecule has 0 radical (unpaired) electrons. The van der Waals surface area contributed by atoms with Crippen LogP contribution in [0.15, 0.2) is 5.38 Å². The Hall–Kier alpha value is -1.43. The Morgan fingerprint density at radius 1 is 1.39 bits per heavy atom. The van der Waals surface area contributed by atoms with Gasteiger partial charge in [0.2, 0.25) is 11.8 Å². The molecule has 0 saturated carbocycles. The summed E-state index contributed by atoms with van der Waals surface area (Å²) in [7, 11) is 0. The number of likely N-dealkylation sites (tertiary alicyclic amines) is 1. The molecular weight excluding hydrogens is 310 g/mol. The molecule has 128 valence electrons. The quantitative estimate of drug-likeness (QED) is 0.918. The van der Waals surface area contributed by atoms with Gasteiger partial charge in [0.25, 0.3) is 0 Å². The number of hydrogen-bond donors (Lipinski definition) is 1. The van der Waals surface area contributed by atoms with E-state index in [1.807, 2.05) is 6.92 Å². The Balaban J connectivity index is 1.91. The highest BCUT2D eigenvalue weighted by Crippen LogP contribution is 2.26. The van der Waals surface area contributed by atoms with Crippen molar-refractivity contribution >= 4 is 23.2 Å². The molecule has 0 unspecified atom stereocenters. The molecule has 1 aliphatic rings. The van der Waals surface area contributed by atoms with Crippen LogP contribution in [-0.4, -0.2) is 34.8 Å². The van der Waals surface area contributed by atoms with Gasteiger partial charge in [-0.3, -0.25) is 9.59 Å². The molecule has 1 saturated heterocycles. The van der Waals surface area contributed by atoms with Gasteiger partial charge in [0, 0.05) is 23.8 Å². The number of nitrogens with zero attached hydrogens (tertiary/aromatic N) is 2. The fourth-order valence-electron chi connectivity index (χ4n) is 2.56. The third kappa shape index (κ3) is 5.03. The van der Waals surface area contributed by atoms with E-state index in [2.05, 4.69) is 36.5 Å². The standard InChI is InChI=1S/C17H27N3O2S/c1-12(16-19-13(11-23-16)17(2,3)4)18-14(21)10-20-9-7-5-6-8-15(20)22/h11-12H,5-10H2,1-4H3,(H,18,21)/t12-/m0/s1. The monoisotopic (exact) mass is 337 g/mol. The van der Waals surface area contributed by atoms with Crippen LogP contribution in [0.2, 0.25) is 0 Å². The van der Waals surface area contributed by atoms with Gasteiger partial charge in [-0.25, -0.2) is 4.98 Å². The van der Waals surface area contributed by atoms with Crippen LogP contribution in [0.4, 0.5) is 0 Å². The third-order valence-electron chi connectivity index (χ3n) is 4.04. The molecule has 0 aliphatic carbocycles. The number of carbonyl (C=O) groups is 2. The van der Waals surface area contributed by atoms with Gasteiger partial charge in [0.1, 0.15) is 5.01 Å². The summed E-state index contributed by atoms with van der Waals surface area (Å²) in [6, 6.07) is -0.134. The van der Waals surface area contributed by atoms with E-state index in [-0.39, 0.29) is 29.8 Å². The van der Waals surface area contributed by atoms with Gasteiger partial charge in [-0.15, -0.1) is 11.3 Å². The van der Waals surface area contributed by atoms with E-state index < -0.39 is 0 Å². The topological polar surface area (TPSA) is 62.3 Å². The first-order chi connectivity index (χ1) is 10.8. The Labute approximate surface area is 142 Å². The van der Waals surface area contributed by atoms with Crippen molar-refractivity contribution in [2.45, 2.75) is 64.8 Å². The lowest BCUT2D eigenvalue weighted by Crippen LogP contribution is -2.41. The van der Waals surface area contributed by atoms with Crippen LogP contribution < -0.4 is 5.32 Å². The highest BCUT2D eigenvalue weighted by Gasteiger charge is 2.22. The Morgan fingerprint density at radius 2 is 2.13 bits per heavy atom. The molecule has 1 aliphatic heterocycles. The van der Waals surface area contributed by atoms with Crippen LogP contribution in [0.1, 0.15) is 70.1 Å². The van der Waals surface area contributed by atoms with Crippen LogP contribution >= 0.6 is 11.3 Å². The van der Waals surface area contributed by atoms with Gasteiger partial charge < -0.3 is 10.2 Å². The second-order valence-corrected chi connectivity index (χ2v) is 8.13. The number of amides is 2. The fourth-order valence-corrected chi connectivity index (χ4v) is 3.61. The molecular formula is C17H27N3O2S. The van der Waals surface area contributed by atoms with Crippen LogP contribution in [0.5, 0.6) is 0 Å². The van der Waals surface area contributed by atoms with Crippen molar-refractivity contribution in [3.05, 3.63) is 16.1 Å². The summed E-state index contributed by atoms with van der Waals surface area (Å²) < 4.78 is 0. The summed E-state index contributed by atoms with van der Waals surface area (Å²) in [4.78, 5) is 30.5. The largest absolute Gasteiger partial charge is 0.346 e. The van der Waals surface area contributed by atoms with Gasteiger partial charge in [-0.05, 0) is 19.8 Å². The molecule has 5 nitrogen and oxygen atoms in total. The highest BCUT2D eigenvalue weighted by atomic mass is 32.1. The predicted molar refractivity (Wildman–Crippen MR) is 92.4 cm³/mol. The minimum atomic E-state index is -0.134. The van der Waals surface area contributed by atoms with Crippen molar-refractivity contribution in [2.75, 3.05) is 13.1 Å². The Kier molecular flexibility index (Phi) is 5.79. The van der Waals surface area contributed by atoms with Crippen molar-refractivity contribution in [1.29, 1.82) is 0 Å². The van der Waals surface area contributed by atoms with Crippen molar-refractivity contribution in [3.63, 3.8) is 0 Å². The van der Waals surface area contributed by atoms with E-state index in [0.29, 0.717) is 13.0 Å². The van der Waals surface area contributed by atoms with Crippen molar-refractivity contribution in [1.82, 2.24) is 15.2 Å². The number of aromatic nitrogens is 1. The first kappa shape index (κ1) is 17.9. The molecule has 6 heteroatoms. The lowest BCUT2D eigenvalue weighted by atomic mass is 9.93. The predicted octanol–water partition coefficient (Wildman–Crippen LogP) is 3.02. The molecule has 2 rings (SSSR count). The molecule has 2 heterocycles. The zero-order chi connectivity index (χ0) is 17.0. The minimum absolute atomic E-state index is 0.0109. The molecule has 0 spiro atoms. The molecule has 1 aromatic rings. The normalized spacial score (nSPS) is 17.7. The smallest absolute Gasteiger partial charge is 0.240 e. The summed E-state index contributed by atoms with van der Waals surface area (Å²) in [5.41, 5.74) is 1.05. The SMILES string of the molecule is C[C@H](NC(=O)CN1CCCCCC1=O)c1nc(C(C)(C)C)cs1. The van der Waals surface area contributed by atoms with Gasteiger partial charge in [-0.2, -0.15) is 0 Å². The van der Waals surface area contributed by atoms with E-state index in [1.165, 1.54) is 0 Å². The molecule has 2 amide bonds. The maximum atomic E-state index is 12.2. The summed E-state index contributed by atoms with van der Waals surface area (Å²) in [5, 5.41) is 5.92. The summed E-state index contributed by atoms with van der Waals surface area (Å²) in [5.74, 6) is -0.0187. The average molecular weight is 337 g/mol. The summed E-state index contributed by atoms with van der Waals surface area (Å²) in [6.45, 7) is 9.15. The van der Waals surface area contributed by atoms with E-state index in [0.717, 1.165) is 30.0 Å². The first-order valence-electron chi connectivity index (χ1n) is 8.30. The number of hydrogen-bond acceptors (Lipinski definition) is 4. The lowest BCUT2D eigenvalue weighted by molar-refractivity contribution is -0.135. The molecule has 1 aromatic heterocycles. The van der Waals surface area contributed by atoms with Crippen LogP contribution in [-0.2, 0) is 15.0 Å². The van der Waals surface area contributed by atoms with Gasteiger partial charge in [-0.1, -0.05) is 27.2 Å². The second kappa shape index (κ2) is 7.43. The number of rotatable bonds is 4. The van der Waals surface area contributed by atoms with Crippen molar-refractivity contribution in [2.24, 2.45) is 0 Å². The van der Waals surface area contributed by atoms with Gasteiger partial charge in [0.05, 0.1) is 18.3 Å². The lowest BCUT2D eigenvalue weighted by Gasteiger charge is -2.21. The molecule has 1 N–H and O–H groups in total. The van der Waals surface area contributed by atoms with E-state index in [1.54, 1.807) is 16.2 Å². The third-order valence-corrected chi connectivity index (χ3v) is 5.07. The molecule has 1 atom stereocenters. The number of nitrogens with one attached hydrogen (secondary N) is 1. The fraction of sp³-hybridized carbons (Fsp3) is 0.706. The van der Waals surface area contributed by atoms with Crippen molar-refractivity contribution in [3.8, 4) is 0 Å². The minimum Gasteiger partial charge on any atom is -0.346 e. The van der Waals surface area contributed by atoms with Gasteiger partial charge in [0.15, 0.2) is 0 Å². The van der Waals surface area contributed by atoms with Gasteiger partial charge >= 0.3 is 0 Å².